The van der Waals surface area contributed by atoms with Crippen LogP contribution in [0.25, 0.3) is 0 Å². The zero-order valence-electron chi connectivity index (χ0n) is 9.14. The van der Waals surface area contributed by atoms with E-state index in [1.807, 2.05) is 14.2 Å². The molecular weight excluding hydrogens is 196 g/mol. The molecular formula is C9H22O2Si2. The van der Waals surface area contributed by atoms with Gasteiger partial charge in [-0.25, -0.2) is 0 Å². The zero-order chi connectivity index (χ0) is 9.73. The molecule has 0 aromatic heterocycles. The van der Waals surface area contributed by atoms with Crippen LogP contribution in [0, 0.1) is 5.92 Å². The van der Waals surface area contributed by atoms with Gasteiger partial charge >= 0.3 is 8.08 Å². The first kappa shape index (κ1) is 11.4. The van der Waals surface area contributed by atoms with Crippen molar-refractivity contribution in [3.05, 3.63) is 0 Å². The lowest BCUT2D eigenvalue weighted by Crippen LogP contribution is -2.43. The van der Waals surface area contributed by atoms with Crippen LogP contribution in [-0.2, 0) is 8.85 Å². The van der Waals surface area contributed by atoms with Crippen LogP contribution < -0.4 is 0 Å². The minimum Gasteiger partial charge on any atom is -0.401 e. The van der Waals surface area contributed by atoms with E-state index in [1.54, 1.807) is 0 Å². The molecule has 1 aliphatic carbocycles. The molecule has 0 saturated heterocycles. The maximum Gasteiger partial charge on any atom is 0.304 e. The summed E-state index contributed by atoms with van der Waals surface area (Å²) in [6, 6.07) is 1.24. The fourth-order valence-corrected chi connectivity index (χ4v) is 5.85. The van der Waals surface area contributed by atoms with Gasteiger partial charge in [-0.1, -0.05) is 32.1 Å². The lowest BCUT2D eigenvalue weighted by Gasteiger charge is -2.30. The van der Waals surface area contributed by atoms with Crippen LogP contribution in [0.3, 0.4) is 0 Å². The van der Waals surface area contributed by atoms with Crippen molar-refractivity contribution in [3.63, 3.8) is 0 Å². The topological polar surface area (TPSA) is 18.5 Å². The SMILES string of the molecule is CO[Si]([SiH3])(CC1CCCCC1)OC. The van der Waals surface area contributed by atoms with E-state index in [1.165, 1.54) is 38.1 Å². The molecule has 0 atom stereocenters. The van der Waals surface area contributed by atoms with Gasteiger partial charge < -0.3 is 8.85 Å². The third-order valence-electron chi connectivity index (χ3n) is 3.25. The first-order valence-corrected chi connectivity index (χ1v) is 10.8. The van der Waals surface area contributed by atoms with Crippen molar-refractivity contribution in [2.24, 2.45) is 5.92 Å². The summed E-state index contributed by atoms with van der Waals surface area (Å²) in [7, 11) is 3.10. The molecule has 0 aliphatic heterocycles. The molecule has 0 aromatic rings. The summed E-state index contributed by atoms with van der Waals surface area (Å²) in [6.45, 7) is 0. The van der Waals surface area contributed by atoms with E-state index in [0.717, 1.165) is 15.7 Å². The van der Waals surface area contributed by atoms with Gasteiger partial charge in [-0.2, -0.15) is 0 Å². The highest BCUT2D eigenvalue weighted by Gasteiger charge is 2.32. The Kier molecular flexibility index (Phi) is 4.65. The standard InChI is InChI=1S/C9H22O2Si2/c1-10-13(12,11-2)8-9-6-4-3-5-7-9/h9H,3-8H2,1-2,12H3. The summed E-state index contributed by atoms with van der Waals surface area (Å²) < 4.78 is 11.1. The van der Waals surface area contributed by atoms with Crippen molar-refractivity contribution in [1.82, 2.24) is 0 Å². The van der Waals surface area contributed by atoms with Crippen LogP contribution in [-0.4, -0.2) is 32.1 Å². The Bertz CT molecular complexity index is 143. The van der Waals surface area contributed by atoms with Gasteiger partial charge in [-0.05, 0) is 12.0 Å². The van der Waals surface area contributed by atoms with Gasteiger partial charge in [0.05, 0.1) is 9.76 Å². The van der Waals surface area contributed by atoms with Crippen molar-refractivity contribution in [2.45, 2.75) is 38.1 Å². The summed E-state index contributed by atoms with van der Waals surface area (Å²) in [6.07, 6.45) is 7.09. The molecule has 1 rings (SSSR count). The normalized spacial score (nSPS) is 20.8. The second-order valence-electron chi connectivity index (χ2n) is 4.25. The van der Waals surface area contributed by atoms with Crippen LogP contribution in [0.4, 0.5) is 0 Å². The summed E-state index contributed by atoms with van der Waals surface area (Å²) in [5.41, 5.74) is 0. The molecule has 1 fully saturated rings. The van der Waals surface area contributed by atoms with Crippen molar-refractivity contribution < 1.29 is 8.85 Å². The molecule has 1 saturated carbocycles. The van der Waals surface area contributed by atoms with Gasteiger partial charge in [0, 0.05) is 14.2 Å². The molecule has 0 N–H and O–H groups in total. The van der Waals surface area contributed by atoms with E-state index >= 15 is 0 Å². The Labute approximate surface area is 85.5 Å². The molecule has 2 nitrogen and oxygen atoms in total. The molecule has 0 unspecified atom stereocenters. The maximum atomic E-state index is 5.57. The Hall–Kier alpha value is 0.354. The van der Waals surface area contributed by atoms with E-state index in [4.69, 9.17) is 8.85 Å². The summed E-state index contributed by atoms with van der Waals surface area (Å²) >= 11 is 0. The molecule has 13 heavy (non-hydrogen) atoms. The van der Waals surface area contributed by atoms with Crippen molar-refractivity contribution >= 4 is 17.8 Å². The Morgan fingerprint density at radius 3 is 2.15 bits per heavy atom. The average molecular weight is 218 g/mol. The fourth-order valence-electron chi connectivity index (χ4n) is 2.17. The first-order chi connectivity index (χ1) is 6.20. The second kappa shape index (κ2) is 5.29. The van der Waals surface area contributed by atoms with Gasteiger partial charge in [0.25, 0.3) is 0 Å². The highest BCUT2D eigenvalue weighted by atomic mass is 29.2. The molecule has 0 bridgehead atoms. The number of hydrogen-bond acceptors (Lipinski definition) is 2. The largest absolute Gasteiger partial charge is 0.401 e. The minimum absolute atomic E-state index is 0.901. The van der Waals surface area contributed by atoms with Gasteiger partial charge in [0.15, 0.2) is 0 Å². The molecule has 78 valence electrons. The Morgan fingerprint density at radius 2 is 1.69 bits per heavy atom. The van der Waals surface area contributed by atoms with Gasteiger partial charge in [-0.15, -0.1) is 0 Å². The molecule has 0 amide bonds. The molecule has 0 aromatic carbocycles. The zero-order valence-corrected chi connectivity index (χ0v) is 12.1. The molecule has 4 heteroatoms. The first-order valence-electron chi connectivity index (χ1n) is 5.30. The van der Waals surface area contributed by atoms with E-state index < -0.39 is 8.08 Å². The Morgan fingerprint density at radius 1 is 1.15 bits per heavy atom. The quantitative estimate of drug-likeness (QED) is 0.660. The summed E-state index contributed by atoms with van der Waals surface area (Å²) in [5, 5.41) is 0. The molecule has 0 heterocycles. The van der Waals surface area contributed by atoms with Gasteiger partial charge in [-0.3, -0.25) is 0 Å². The smallest absolute Gasteiger partial charge is 0.304 e. The van der Waals surface area contributed by atoms with E-state index in [2.05, 4.69) is 0 Å². The number of rotatable bonds is 4. The molecule has 0 radical (unpaired) electrons. The lowest BCUT2D eigenvalue weighted by atomic mass is 9.91. The Balaban J connectivity index is 2.35. The van der Waals surface area contributed by atoms with Crippen LogP contribution >= 0.6 is 0 Å². The summed E-state index contributed by atoms with van der Waals surface area (Å²) in [4.78, 5) is 0. The average Bonchev–Trinajstić information content (AvgIpc) is 2.19. The highest BCUT2D eigenvalue weighted by molar-refractivity contribution is 7.09. The van der Waals surface area contributed by atoms with Crippen LogP contribution in [0.5, 0.6) is 0 Å². The second-order valence-corrected chi connectivity index (χ2v) is 12.3. The molecule has 0 spiro atoms. The predicted octanol–water partition coefficient (Wildman–Crippen LogP) is 1.16. The van der Waals surface area contributed by atoms with E-state index in [9.17, 15) is 0 Å². The lowest BCUT2D eigenvalue weighted by molar-refractivity contribution is 0.248. The maximum absolute atomic E-state index is 5.57. The summed E-state index contributed by atoms with van der Waals surface area (Å²) in [5.74, 6) is 0.901. The van der Waals surface area contributed by atoms with Gasteiger partial charge in [0.2, 0.25) is 0 Å². The van der Waals surface area contributed by atoms with Crippen LogP contribution in [0.2, 0.25) is 6.04 Å². The van der Waals surface area contributed by atoms with Crippen molar-refractivity contribution in [1.29, 1.82) is 0 Å². The minimum atomic E-state index is -1.65. The molecule has 1 aliphatic rings. The highest BCUT2D eigenvalue weighted by Crippen LogP contribution is 2.30. The van der Waals surface area contributed by atoms with E-state index in [0.29, 0.717) is 0 Å². The van der Waals surface area contributed by atoms with E-state index in [-0.39, 0.29) is 0 Å². The third kappa shape index (κ3) is 3.54. The van der Waals surface area contributed by atoms with Crippen molar-refractivity contribution in [2.75, 3.05) is 14.2 Å². The van der Waals surface area contributed by atoms with Crippen LogP contribution in [0.15, 0.2) is 0 Å². The predicted molar refractivity (Wildman–Crippen MR) is 61.1 cm³/mol. The van der Waals surface area contributed by atoms with Crippen molar-refractivity contribution in [3.8, 4) is 0 Å². The fraction of sp³-hybridized carbons (Fsp3) is 1.00. The monoisotopic (exact) mass is 218 g/mol. The number of hydrogen-bond donors (Lipinski definition) is 0. The third-order valence-corrected chi connectivity index (χ3v) is 9.97. The van der Waals surface area contributed by atoms with Crippen LogP contribution in [0.1, 0.15) is 32.1 Å². The van der Waals surface area contributed by atoms with Gasteiger partial charge in [0.1, 0.15) is 0 Å².